The fourth-order valence-electron chi connectivity index (χ4n) is 7.06. The lowest BCUT2D eigenvalue weighted by Gasteiger charge is -2.26. The van der Waals surface area contributed by atoms with Gasteiger partial charge >= 0.3 is 12.1 Å². The van der Waals surface area contributed by atoms with E-state index >= 15 is 0 Å². The molecule has 0 aliphatic heterocycles. The lowest BCUT2D eigenvalue weighted by Crippen LogP contribution is -2.44. The molecule has 6 aromatic carbocycles. The van der Waals surface area contributed by atoms with E-state index in [9.17, 15) is 14.4 Å². The van der Waals surface area contributed by atoms with Crippen molar-refractivity contribution < 1.29 is 23.9 Å². The van der Waals surface area contributed by atoms with Gasteiger partial charge in [0, 0.05) is 39.3 Å². The molecule has 2 amide bonds. The molecule has 0 aliphatic rings. The zero-order valence-electron chi connectivity index (χ0n) is 31.7. The molecule has 280 valence electrons. The topological polar surface area (TPSA) is 100 Å². The molecule has 0 atom stereocenters. The molecule has 6 rings (SSSR count). The molecule has 0 fully saturated rings. The van der Waals surface area contributed by atoms with E-state index < -0.39 is 11.7 Å². The van der Waals surface area contributed by atoms with Crippen molar-refractivity contribution >= 4 is 61.1 Å². The Morgan fingerprint density at radius 3 is 1.43 bits per heavy atom. The zero-order valence-corrected chi connectivity index (χ0v) is 31.7. The van der Waals surface area contributed by atoms with Crippen molar-refractivity contribution in [2.24, 2.45) is 0 Å². The minimum absolute atomic E-state index is 0.0951. The van der Waals surface area contributed by atoms with Crippen LogP contribution < -0.4 is 10.6 Å². The van der Waals surface area contributed by atoms with E-state index in [1.807, 2.05) is 74.2 Å². The number of carbonyl (C=O) groups excluding carboxylic acids is 3. The smallest absolute Gasteiger partial charge is 0.407 e. The maximum Gasteiger partial charge on any atom is 0.407 e. The molecule has 9 heteroatoms. The quantitative estimate of drug-likeness (QED) is 0.0823. The van der Waals surface area contributed by atoms with E-state index in [2.05, 4.69) is 76.2 Å². The van der Waals surface area contributed by atoms with Crippen molar-refractivity contribution in [1.82, 2.24) is 20.4 Å². The molecule has 6 aromatic rings. The highest BCUT2D eigenvalue weighted by atomic mass is 16.6. The Hall–Kier alpha value is -5.51. The molecule has 0 saturated carbocycles. The fourth-order valence-corrected chi connectivity index (χ4v) is 7.06. The molecule has 2 N–H and O–H groups in total. The molecule has 54 heavy (non-hydrogen) atoms. The number of hydrogen-bond acceptors (Lipinski definition) is 7. The van der Waals surface area contributed by atoms with E-state index in [0.29, 0.717) is 45.9 Å². The van der Waals surface area contributed by atoms with Crippen LogP contribution in [0.15, 0.2) is 109 Å². The van der Waals surface area contributed by atoms with Gasteiger partial charge in [-0.3, -0.25) is 19.4 Å². The second-order valence-electron chi connectivity index (χ2n) is 14.6. The van der Waals surface area contributed by atoms with Gasteiger partial charge < -0.3 is 20.1 Å². The molecule has 0 aromatic heterocycles. The van der Waals surface area contributed by atoms with Crippen molar-refractivity contribution in [3.05, 3.63) is 120 Å². The van der Waals surface area contributed by atoms with Crippen molar-refractivity contribution in [1.29, 1.82) is 0 Å². The summed E-state index contributed by atoms with van der Waals surface area (Å²) < 4.78 is 10.8. The van der Waals surface area contributed by atoms with Crippen molar-refractivity contribution in [3.63, 3.8) is 0 Å². The van der Waals surface area contributed by atoms with Gasteiger partial charge in [0.05, 0.1) is 19.7 Å². The summed E-state index contributed by atoms with van der Waals surface area (Å²) >= 11 is 0. The van der Waals surface area contributed by atoms with Crippen LogP contribution in [0.5, 0.6) is 0 Å². The normalized spacial score (nSPS) is 11.8. The molecule has 0 aliphatic carbocycles. The Balaban J connectivity index is 1.19. The second kappa shape index (κ2) is 17.5. The molecule has 0 saturated heterocycles. The third-order valence-corrected chi connectivity index (χ3v) is 9.40. The number of benzene rings is 6. The summed E-state index contributed by atoms with van der Waals surface area (Å²) in [6.07, 6.45) is -0.497. The first-order valence-corrected chi connectivity index (χ1v) is 18.7. The number of nitrogens with zero attached hydrogens (tertiary/aromatic N) is 2. The summed E-state index contributed by atoms with van der Waals surface area (Å²) in [7, 11) is 0. The van der Waals surface area contributed by atoms with Gasteiger partial charge in [-0.25, -0.2) is 4.79 Å². The predicted octanol–water partition coefficient (Wildman–Crippen LogP) is 7.81. The van der Waals surface area contributed by atoms with Gasteiger partial charge in [0.15, 0.2) is 0 Å². The van der Waals surface area contributed by atoms with Crippen molar-refractivity contribution in [2.45, 2.75) is 46.4 Å². The summed E-state index contributed by atoms with van der Waals surface area (Å²) in [5, 5.41) is 15.0. The van der Waals surface area contributed by atoms with Crippen LogP contribution >= 0.6 is 0 Å². The van der Waals surface area contributed by atoms with E-state index in [-0.39, 0.29) is 25.0 Å². The average Bonchev–Trinajstić information content (AvgIpc) is 3.13. The summed E-state index contributed by atoms with van der Waals surface area (Å²) in [5.74, 6) is -0.456. The van der Waals surface area contributed by atoms with Crippen molar-refractivity contribution in [2.75, 3.05) is 45.9 Å². The van der Waals surface area contributed by atoms with E-state index in [1.165, 1.54) is 0 Å². The first kappa shape index (κ1) is 38.2. The highest BCUT2D eigenvalue weighted by Gasteiger charge is 2.20. The van der Waals surface area contributed by atoms with Gasteiger partial charge in [0.25, 0.3) is 0 Å². The van der Waals surface area contributed by atoms with Gasteiger partial charge in [-0.15, -0.1) is 0 Å². The van der Waals surface area contributed by atoms with E-state index in [4.69, 9.17) is 9.47 Å². The first-order valence-electron chi connectivity index (χ1n) is 18.7. The monoisotopic (exact) mass is 726 g/mol. The number of alkyl carbamates (subject to hydrolysis) is 1. The number of hydrogen-bond donors (Lipinski definition) is 2. The van der Waals surface area contributed by atoms with Crippen LogP contribution in [0, 0.1) is 0 Å². The minimum Gasteiger partial charge on any atom is -0.465 e. The van der Waals surface area contributed by atoms with Gasteiger partial charge in [0.1, 0.15) is 5.60 Å². The summed E-state index contributed by atoms with van der Waals surface area (Å²) in [6.45, 7) is 10.3. The Labute approximate surface area is 317 Å². The predicted molar refractivity (Wildman–Crippen MR) is 217 cm³/mol. The van der Waals surface area contributed by atoms with Gasteiger partial charge in [-0.2, -0.15) is 0 Å². The lowest BCUT2D eigenvalue weighted by molar-refractivity contribution is -0.144. The average molecular weight is 727 g/mol. The van der Waals surface area contributed by atoms with Crippen LogP contribution in [-0.4, -0.2) is 79.2 Å². The Morgan fingerprint density at radius 1 is 0.593 bits per heavy atom. The molecule has 0 spiro atoms. The Bertz CT molecular complexity index is 2160. The molecule has 0 bridgehead atoms. The van der Waals surface area contributed by atoms with Crippen LogP contribution in [-0.2, 0) is 32.2 Å². The number of esters is 1. The maximum absolute atomic E-state index is 13.7. The zero-order chi connectivity index (χ0) is 38.1. The molecular formula is C45H50N4O5. The van der Waals surface area contributed by atoms with Gasteiger partial charge in [0.2, 0.25) is 5.91 Å². The van der Waals surface area contributed by atoms with Crippen LogP contribution in [0.4, 0.5) is 4.79 Å². The van der Waals surface area contributed by atoms with Crippen LogP contribution in [0.2, 0.25) is 0 Å². The fraction of sp³-hybridized carbons (Fsp3) is 0.311. The number of ether oxygens (including phenoxy) is 2. The van der Waals surface area contributed by atoms with Crippen LogP contribution in [0.3, 0.4) is 0 Å². The van der Waals surface area contributed by atoms with Crippen LogP contribution in [0.1, 0.15) is 38.8 Å². The lowest BCUT2D eigenvalue weighted by atomic mass is 9.96. The van der Waals surface area contributed by atoms with Crippen LogP contribution in [0.25, 0.3) is 43.1 Å². The van der Waals surface area contributed by atoms with Crippen molar-refractivity contribution in [3.8, 4) is 0 Å². The van der Waals surface area contributed by atoms with Gasteiger partial charge in [-0.1, -0.05) is 97.1 Å². The SMILES string of the molecule is CCOC(=O)CN(CCNC(=O)CN(CCNC(=O)OC(C)(C)C)Cc1c2ccccc2cc2ccccc12)Cc1c2ccccc2cc2ccccc12. The molecule has 0 heterocycles. The first-order chi connectivity index (χ1) is 26.1. The minimum atomic E-state index is -0.618. The largest absolute Gasteiger partial charge is 0.465 e. The van der Waals surface area contributed by atoms with Gasteiger partial charge in [-0.05, 0) is 94.0 Å². The number of fused-ring (bicyclic) bond motifs is 4. The highest BCUT2D eigenvalue weighted by Crippen LogP contribution is 2.31. The summed E-state index contributed by atoms with van der Waals surface area (Å²) in [6, 6.07) is 37.6. The Kier molecular flexibility index (Phi) is 12.4. The molecule has 9 nitrogen and oxygen atoms in total. The number of rotatable bonds is 15. The van der Waals surface area contributed by atoms with E-state index in [1.54, 1.807) is 6.92 Å². The number of amides is 2. The third kappa shape index (κ3) is 9.92. The standard InChI is InChI=1S/C45H50N4O5/c1-5-53-43(51)31-49(29-41-38-20-12-8-16-34(38)27-35-17-9-13-21-39(35)41)24-22-46-42(50)30-48(25-23-47-44(52)54-45(2,3)4)28-40-36-18-10-6-14-32(36)26-33-15-7-11-19-37(33)40/h6-21,26-27H,5,22-25,28-31H2,1-4H3,(H,46,50)(H,47,52). The number of carbonyl (C=O) groups is 3. The number of nitrogens with one attached hydrogen (secondary N) is 2. The summed E-state index contributed by atoms with van der Waals surface area (Å²) in [4.78, 5) is 43.1. The molecule has 0 unspecified atom stereocenters. The maximum atomic E-state index is 13.7. The Morgan fingerprint density at radius 2 is 1.00 bits per heavy atom. The third-order valence-electron chi connectivity index (χ3n) is 9.40. The molecule has 0 radical (unpaired) electrons. The highest BCUT2D eigenvalue weighted by molar-refractivity contribution is 6.03. The summed E-state index contributed by atoms with van der Waals surface area (Å²) in [5.41, 5.74) is 1.63. The van der Waals surface area contributed by atoms with E-state index in [0.717, 1.165) is 54.2 Å². The molecular weight excluding hydrogens is 677 g/mol. The second-order valence-corrected chi connectivity index (χ2v) is 14.6.